The molecule has 2 aromatic rings. The van der Waals surface area contributed by atoms with E-state index in [9.17, 15) is 14.9 Å². The average molecular weight is 356 g/mol. The predicted octanol–water partition coefficient (Wildman–Crippen LogP) is 3.10. The SMILES string of the molecule is Cc1ccccc1COC(=O)c1ccc(N2CCOCC2)c([N+](=O)[O-])c1. The number of hydrogen-bond donors (Lipinski definition) is 0. The molecule has 0 bridgehead atoms. The van der Waals surface area contributed by atoms with Crippen molar-refractivity contribution in [2.75, 3.05) is 31.2 Å². The quantitative estimate of drug-likeness (QED) is 0.465. The highest BCUT2D eigenvalue weighted by atomic mass is 16.6. The summed E-state index contributed by atoms with van der Waals surface area (Å²) in [5.41, 5.74) is 2.49. The highest BCUT2D eigenvalue weighted by Crippen LogP contribution is 2.30. The van der Waals surface area contributed by atoms with Crippen molar-refractivity contribution in [3.8, 4) is 0 Å². The van der Waals surface area contributed by atoms with Crippen LogP contribution in [0.25, 0.3) is 0 Å². The number of ether oxygens (including phenoxy) is 2. The number of nitro benzene ring substituents is 1. The number of rotatable bonds is 5. The van der Waals surface area contributed by atoms with Gasteiger partial charge in [-0.15, -0.1) is 0 Å². The van der Waals surface area contributed by atoms with E-state index in [1.165, 1.54) is 6.07 Å². The van der Waals surface area contributed by atoms with Crippen LogP contribution < -0.4 is 4.90 Å². The molecule has 0 saturated carbocycles. The molecule has 0 spiro atoms. The van der Waals surface area contributed by atoms with E-state index in [1.807, 2.05) is 36.1 Å². The Bertz CT molecular complexity index is 815. The van der Waals surface area contributed by atoms with Gasteiger partial charge >= 0.3 is 5.97 Å². The summed E-state index contributed by atoms with van der Waals surface area (Å²) in [5.74, 6) is -0.579. The van der Waals surface area contributed by atoms with E-state index in [1.54, 1.807) is 12.1 Å². The first kappa shape index (κ1) is 17.9. The number of esters is 1. The lowest BCUT2D eigenvalue weighted by Crippen LogP contribution is -2.36. The zero-order valence-corrected chi connectivity index (χ0v) is 14.5. The molecule has 0 unspecified atom stereocenters. The smallest absolute Gasteiger partial charge is 0.338 e. The van der Waals surface area contributed by atoms with Gasteiger partial charge in [-0.25, -0.2) is 4.79 Å². The van der Waals surface area contributed by atoms with Crippen LogP contribution in [0.2, 0.25) is 0 Å². The van der Waals surface area contributed by atoms with Crippen LogP contribution in [0, 0.1) is 17.0 Å². The Hall–Kier alpha value is -2.93. The summed E-state index contributed by atoms with van der Waals surface area (Å²) in [5, 5.41) is 11.5. The van der Waals surface area contributed by atoms with Gasteiger partial charge in [0.25, 0.3) is 5.69 Å². The van der Waals surface area contributed by atoms with Crippen molar-refractivity contribution in [3.05, 3.63) is 69.3 Å². The monoisotopic (exact) mass is 356 g/mol. The summed E-state index contributed by atoms with van der Waals surface area (Å²) in [6.07, 6.45) is 0. The first-order valence-corrected chi connectivity index (χ1v) is 8.39. The zero-order valence-electron chi connectivity index (χ0n) is 14.5. The standard InChI is InChI=1S/C19H20N2O5/c1-14-4-2-3-5-16(14)13-26-19(22)15-6-7-17(18(12-15)21(23)24)20-8-10-25-11-9-20/h2-7,12H,8-11,13H2,1H3. The molecular weight excluding hydrogens is 336 g/mol. The summed E-state index contributed by atoms with van der Waals surface area (Å²) < 4.78 is 10.6. The largest absolute Gasteiger partial charge is 0.457 e. The summed E-state index contributed by atoms with van der Waals surface area (Å²) in [4.78, 5) is 25.2. The third kappa shape index (κ3) is 4.00. The summed E-state index contributed by atoms with van der Waals surface area (Å²) in [6, 6.07) is 12.1. The number of carbonyl (C=O) groups is 1. The summed E-state index contributed by atoms with van der Waals surface area (Å²) >= 11 is 0. The van der Waals surface area contributed by atoms with Crippen LogP contribution in [-0.2, 0) is 16.1 Å². The maximum absolute atomic E-state index is 12.3. The lowest BCUT2D eigenvalue weighted by molar-refractivity contribution is -0.384. The fourth-order valence-corrected chi connectivity index (χ4v) is 2.87. The molecule has 26 heavy (non-hydrogen) atoms. The molecule has 1 aliphatic rings. The Morgan fingerprint density at radius 1 is 1.23 bits per heavy atom. The fourth-order valence-electron chi connectivity index (χ4n) is 2.87. The molecule has 0 N–H and O–H groups in total. The molecule has 7 nitrogen and oxygen atoms in total. The Morgan fingerprint density at radius 2 is 1.96 bits per heavy atom. The van der Waals surface area contributed by atoms with Crippen LogP contribution in [-0.4, -0.2) is 37.2 Å². The Morgan fingerprint density at radius 3 is 2.65 bits per heavy atom. The normalized spacial score (nSPS) is 14.1. The molecule has 0 aromatic heterocycles. The van der Waals surface area contributed by atoms with Gasteiger partial charge in [0.05, 0.1) is 23.7 Å². The van der Waals surface area contributed by atoms with Crippen LogP contribution in [0.4, 0.5) is 11.4 Å². The first-order valence-electron chi connectivity index (χ1n) is 8.39. The highest BCUT2D eigenvalue weighted by Gasteiger charge is 2.23. The van der Waals surface area contributed by atoms with Crippen LogP contribution in [0.1, 0.15) is 21.5 Å². The number of aryl methyl sites for hydroxylation is 1. The van der Waals surface area contributed by atoms with E-state index in [0.29, 0.717) is 32.0 Å². The van der Waals surface area contributed by atoms with E-state index in [2.05, 4.69) is 0 Å². The summed E-state index contributed by atoms with van der Waals surface area (Å²) in [7, 11) is 0. The highest BCUT2D eigenvalue weighted by molar-refractivity contribution is 5.91. The molecule has 0 aliphatic carbocycles. The first-order chi connectivity index (χ1) is 12.6. The maximum Gasteiger partial charge on any atom is 0.338 e. The van der Waals surface area contributed by atoms with Crippen LogP contribution in [0.15, 0.2) is 42.5 Å². The van der Waals surface area contributed by atoms with Gasteiger partial charge < -0.3 is 14.4 Å². The third-order valence-electron chi connectivity index (χ3n) is 4.38. The second-order valence-corrected chi connectivity index (χ2v) is 6.06. The van der Waals surface area contributed by atoms with Gasteiger partial charge in [-0.3, -0.25) is 10.1 Å². The number of anilines is 1. The molecule has 0 radical (unpaired) electrons. The van der Waals surface area contributed by atoms with Gasteiger partial charge in [0.2, 0.25) is 0 Å². The van der Waals surface area contributed by atoms with E-state index in [-0.39, 0.29) is 17.9 Å². The number of hydrogen-bond acceptors (Lipinski definition) is 6. The van der Waals surface area contributed by atoms with Crippen molar-refractivity contribution in [1.82, 2.24) is 0 Å². The summed E-state index contributed by atoms with van der Waals surface area (Å²) in [6.45, 7) is 4.28. The van der Waals surface area contributed by atoms with Crippen molar-refractivity contribution in [2.24, 2.45) is 0 Å². The molecule has 2 aromatic carbocycles. The van der Waals surface area contributed by atoms with E-state index < -0.39 is 10.9 Å². The van der Waals surface area contributed by atoms with Crippen molar-refractivity contribution >= 4 is 17.3 Å². The van der Waals surface area contributed by atoms with Gasteiger partial charge in [0, 0.05) is 19.2 Å². The van der Waals surface area contributed by atoms with Crippen molar-refractivity contribution in [3.63, 3.8) is 0 Å². The molecule has 7 heteroatoms. The molecular formula is C19H20N2O5. The second-order valence-electron chi connectivity index (χ2n) is 6.06. The number of carbonyl (C=O) groups excluding carboxylic acids is 1. The van der Waals surface area contributed by atoms with Crippen molar-refractivity contribution < 1.29 is 19.2 Å². The minimum absolute atomic E-state index is 0.0998. The van der Waals surface area contributed by atoms with Gasteiger partial charge in [0.15, 0.2) is 0 Å². The van der Waals surface area contributed by atoms with Gasteiger partial charge in [0.1, 0.15) is 12.3 Å². The molecule has 0 amide bonds. The lowest BCUT2D eigenvalue weighted by Gasteiger charge is -2.28. The molecule has 1 aliphatic heterocycles. The Kier molecular flexibility index (Phi) is 5.48. The van der Waals surface area contributed by atoms with E-state index >= 15 is 0 Å². The molecule has 1 fully saturated rings. The molecule has 1 heterocycles. The van der Waals surface area contributed by atoms with Gasteiger partial charge in [-0.05, 0) is 30.2 Å². The van der Waals surface area contributed by atoms with Crippen LogP contribution in [0.5, 0.6) is 0 Å². The number of benzene rings is 2. The van der Waals surface area contributed by atoms with E-state index in [0.717, 1.165) is 11.1 Å². The maximum atomic E-state index is 12.3. The lowest BCUT2D eigenvalue weighted by atomic mass is 10.1. The minimum atomic E-state index is -0.579. The Balaban J connectivity index is 1.77. The third-order valence-corrected chi connectivity index (χ3v) is 4.38. The predicted molar refractivity (Wildman–Crippen MR) is 96.4 cm³/mol. The zero-order chi connectivity index (χ0) is 18.5. The van der Waals surface area contributed by atoms with Crippen LogP contribution >= 0.6 is 0 Å². The number of morpholine rings is 1. The number of nitro groups is 1. The van der Waals surface area contributed by atoms with Crippen LogP contribution in [0.3, 0.4) is 0 Å². The number of nitrogens with zero attached hydrogens (tertiary/aromatic N) is 2. The second kappa shape index (κ2) is 7.97. The topological polar surface area (TPSA) is 81.9 Å². The molecule has 0 atom stereocenters. The average Bonchev–Trinajstić information content (AvgIpc) is 2.67. The van der Waals surface area contributed by atoms with Gasteiger partial charge in [-0.1, -0.05) is 24.3 Å². The Labute approximate surface area is 151 Å². The van der Waals surface area contributed by atoms with Crippen molar-refractivity contribution in [2.45, 2.75) is 13.5 Å². The molecule has 3 rings (SSSR count). The minimum Gasteiger partial charge on any atom is -0.457 e. The molecule has 136 valence electrons. The van der Waals surface area contributed by atoms with Crippen molar-refractivity contribution in [1.29, 1.82) is 0 Å². The van der Waals surface area contributed by atoms with Gasteiger partial charge in [-0.2, -0.15) is 0 Å². The fraction of sp³-hybridized carbons (Fsp3) is 0.316. The molecule has 1 saturated heterocycles. The van der Waals surface area contributed by atoms with E-state index in [4.69, 9.17) is 9.47 Å².